The number of hydrogen-bond donors (Lipinski definition) is 0. The van der Waals surface area contributed by atoms with Gasteiger partial charge in [-0.15, -0.1) is 0 Å². The van der Waals surface area contributed by atoms with Gasteiger partial charge in [0.05, 0.1) is 11.6 Å². The highest BCUT2D eigenvalue weighted by atomic mass is 15.2. The van der Waals surface area contributed by atoms with Crippen LogP contribution >= 0.6 is 0 Å². The van der Waals surface area contributed by atoms with Crippen LogP contribution in [0, 0.1) is 17.2 Å². The summed E-state index contributed by atoms with van der Waals surface area (Å²) in [4.78, 5) is 4.80. The quantitative estimate of drug-likeness (QED) is 0.843. The van der Waals surface area contributed by atoms with Gasteiger partial charge in [0.15, 0.2) is 0 Å². The first-order chi connectivity index (χ1) is 9.45. The summed E-state index contributed by atoms with van der Waals surface area (Å²) in [6.45, 7) is 7.78. The fourth-order valence-electron chi connectivity index (χ4n) is 3.12. The number of rotatable bonds is 4. The zero-order chi connectivity index (χ0) is 14.8. The highest BCUT2D eigenvalue weighted by molar-refractivity contribution is 5.37. The summed E-state index contributed by atoms with van der Waals surface area (Å²) in [7, 11) is 4.37. The lowest BCUT2D eigenvalue weighted by atomic mass is 9.88. The monoisotopic (exact) mass is 271 g/mol. The molecule has 3 heteroatoms. The van der Waals surface area contributed by atoms with Crippen molar-refractivity contribution >= 4 is 0 Å². The fraction of sp³-hybridized carbons (Fsp3) is 0.588. The third-order valence-corrected chi connectivity index (χ3v) is 4.91. The van der Waals surface area contributed by atoms with Gasteiger partial charge in [-0.05, 0) is 58.5 Å². The number of benzene rings is 1. The van der Waals surface area contributed by atoms with Crippen molar-refractivity contribution in [1.82, 2.24) is 9.80 Å². The second-order valence-corrected chi connectivity index (χ2v) is 6.53. The SMILES string of the molecule is CN(Cc1ccccc1C#N)CC1CCN(C)C1(C)C. The summed E-state index contributed by atoms with van der Waals surface area (Å²) < 4.78 is 0. The number of nitrogens with zero attached hydrogens (tertiary/aromatic N) is 3. The maximum atomic E-state index is 9.16. The number of hydrogen-bond acceptors (Lipinski definition) is 3. The number of nitriles is 1. The molecule has 1 fully saturated rings. The molecule has 1 aliphatic heterocycles. The number of likely N-dealkylation sites (tertiary alicyclic amines) is 1. The molecule has 0 spiro atoms. The fourth-order valence-corrected chi connectivity index (χ4v) is 3.12. The van der Waals surface area contributed by atoms with E-state index in [1.807, 2.05) is 18.2 Å². The zero-order valence-electron chi connectivity index (χ0n) is 13.1. The third-order valence-electron chi connectivity index (χ3n) is 4.91. The lowest BCUT2D eigenvalue weighted by molar-refractivity contribution is 0.140. The van der Waals surface area contributed by atoms with E-state index in [0.717, 1.165) is 24.2 Å². The molecule has 1 saturated heterocycles. The molecule has 0 radical (unpaired) electrons. The first kappa shape index (κ1) is 15.0. The Bertz CT molecular complexity index is 501. The Morgan fingerprint density at radius 1 is 1.40 bits per heavy atom. The first-order valence-electron chi connectivity index (χ1n) is 7.33. The van der Waals surface area contributed by atoms with E-state index < -0.39 is 0 Å². The van der Waals surface area contributed by atoms with E-state index >= 15 is 0 Å². The van der Waals surface area contributed by atoms with Gasteiger partial charge in [0.25, 0.3) is 0 Å². The average molecular weight is 271 g/mol. The van der Waals surface area contributed by atoms with Gasteiger partial charge >= 0.3 is 0 Å². The molecular weight excluding hydrogens is 246 g/mol. The lowest BCUT2D eigenvalue weighted by Gasteiger charge is -2.35. The standard InChI is InChI=1S/C17H25N3/c1-17(2)16(9-10-20(17)4)13-19(3)12-15-8-6-5-7-14(15)11-18/h5-8,16H,9-10,12-13H2,1-4H3. The van der Waals surface area contributed by atoms with Gasteiger partial charge < -0.3 is 9.80 Å². The topological polar surface area (TPSA) is 30.3 Å². The minimum atomic E-state index is 0.267. The van der Waals surface area contributed by atoms with Crippen LogP contribution in [0.15, 0.2) is 24.3 Å². The maximum Gasteiger partial charge on any atom is 0.0995 e. The zero-order valence-corrected chi connectivity index (χ0v) is 13.1. The van der Waals surface area contributed by atoms with Crippen molar-refractivity contribution in [3.63, 3.8) is 0 Å². The molecule has 1 atom stereocenters. The van der Waals surface area contributed by atoms with Crippen LogP contribution in [0.4, 0.5) is 0 Å². The van der Waals surface area contributed by atoms with Crippen molar-refractivity contribution in [2.45, 2.75) is 32.4 Å². The van der Waals surface area contributed by atoms with Crippen LogP contribution in [0.1, 0.15) is 31.4 Å². The molecule has 20 heavy (non-hydrogen) atoms. The van der Waals surface area contributed by atoms with Crippen LogP contribution in [-0.4, -0.2) is 42.5 Å². The molecule has 1 heterocycles. The largest absolute Gasteiger partial charge is 0.302 e. The Morgan fingerprint density at radius 3 is 2.70 bits per heavy atom. The summed E-state index contributed by atoms with van der Waals surface area (Å²) in [6, 6.07) is 10.2. The van der Waals surface area contributed by atoms with Gasteiger partial charge in [-0.3, -0.25) is 0 Å². The van der Waals surface area contributed by atoms with E-state index in [-0.39, 0.29) is 5.54 Å². The molecule has 1 aromatic rings. The van der Waals surface area contributed by atoms with Gasteiger partial charge in [-0.25, -0.2) is 0 Å². The molecule has 0 aliphatic carbocycles. The van der Waals surface area contributed by atoms with E-state index in [1.54, 1.807) is 0 Å². The van der Waals surface area contributed by atoms with Crippen molar-refractivity contribution in [2.75, 3.05) is 27.2 Å². The molecule has 0 aromatic heterocycles. The smallest absolute Gasteiger partial charge is 0.0995 e. The van der Waals surface area contributed by atoms with Crippen molar-refractivity contribution in [3.8, 4) is 6.07 Å². The van der Waals surface area contributed by atoms with Gasteiger partial charge in [0.1, 0.15) is 0 Å². The maximum absolute atomic E-state index is 9.16. The van der Waals surface area contributed by atoms with Crippen LogP contribution in [0.3, 0.4) is 0 Å². The van der Waals surface area contributed by atoms with Gasteiger partial charge in [-0.1, -0.05) is 18.2 Å². The molecule has 1 aromatic carbocycles. The van der Waals surface area contributed by atoms with Crippen molar-refractivity contribution in [2.24, 2.45) is 5.92 Å². The molecule has 108 valence electrons. The molecule has 0 amide bonds. The Labute approximate surface area is 122 Å². The average Bonchev–Trinajstić information content (AvgIpc) is 2.66. The second-order valence-electron chi connectivity index (χ2n) is 6.53. The minimum absolute atomic E-state index is 0.267. The third kappa shape index (κ3) is 3.03. The lowest BCUT2D eigenvalue weighted by Crippen LogP contribution is -2.43. The molecule has 0 saturated carbocycles. The predicted molar refractivity (Wildman–Crippen MR) is 82.3 cm³/mol. The molecular formula is C17H25N3. The first-order valence-corrected chi connectivity index (χ1v) is 7.33. The van der Waals surface area contributed by atoms with E-state index in [9.17, 15) is 0 Å². The van der Waals surface area contributed by atoms with E-state index in [1.165, 1.54) is 13.0 Å². The minimum Gasteiger partial charge on any atom is -0.302 e. The molecule has 0 N–H and O–H groups in total. The van der Waals surface area contributed by atoms with Crippen LogP contribution in [0.25, 0.3) is 0 Å². The van der Waals surface area contributed by atoms with Gasteiger partial charge in [0, 0.05) is 18.6 Å². The molecule has 3 nitrogen and oxygen atoms in total. The molecule has 0 bridgehead atoms. The highest BCUT2D eigenvalue weighted by Gasteiger charge is 2.39. The Hall–Kier alpha value is -1.37. The summed E-state index contributed by atoms with van der Waals surface area (Å²) in [5.41, 5.74) is 2.19. The van der Waals surface area contributed by atoms with E-state index in [2.05, 4.69) is 49.9 Å². The van der Waals surface area contributed by atoms with E-state index in [4.69, 9.17) is 5.26 Å². The van der Waals surface area contributed by atoms with Crippen LogP contribution in [0.2, 0.25) is 0 Å². The van der Waals surface area contributed by atoms with Crippen LogP contribution < -0.4 is 0 Å². The van der Waals surface area contributed by atoms with Gasteiger partial charge in [-0.2, -0.15) is 5.26 Å². The molecule has 1 unspecified atom stereocenters. The second kappa shape index (κ2) is 5.95. The molecule has 2 rings (SSSR count). The Morgan fingerprint density at radius 2 is 2.10 bits per heavy atom. The van der Waals surface area contributed by atoms with E-state index in [0.29, 0.717) is 5.92 Å². The Balaban J connectivity index is 2.00. The summed E-state index contributed by atoms with van der Waals surface area (Å²) in [5, 5.41) is 9.16. The van der Waals surface area contributed by atoms with Crippen molar-refractivity contribution in [3.05, 3.63) is 35.4 Å². The van der Waals surface area contributed by atoms with Crippen LogP contribution in [0.5, 0.6) is 0 Å². The normalized spacial score (nSPS) is 22.1. The van der Waals surface area contributed by atoms with Crippen molar-refractivity contribution in [1.29, 1.82) is 5.26 Å². The Kier molecular flexibility index (Phi) is 4.47. The van der Waals surface area contributed by atoms with Crippen molar-refractivity contribution < 1.29 is 0 Å². The highest BCUT2D eigenvalue weighted by Crippen LogP contribution is 2.33. The summed E-state index contributed by atoms with van der Waals surface area (Å²) in [5.74, 6) is 0.687. The summed E-state index contributed by atoms with van der Waals surface area (Å²) in [6.07, 6.45) is 1.26. The van der Waals surface area contributed by atoms with Gasteiger partial charge in [0.2, 0.25) is 0 Å². The molecule has 1 aliphatic rings. The predicted octanol–water partition coefficient (Wildman–Crippen LogP) is 2.72. The van der Waals surface area contributed by atoms with Crippen LogP contribution in [-0.2, 0) is 6.54 Å². The summed E-state index contributed by atoms with van der Waals surface area (Å²) >= 11 is 0.